The fourth-order valence-electron chi connectivity index (χ4n) is 2.73. The molecule has 2 aromatic rings. The van der Waals surface area contributed by atoms with Crippen LogP contribution in [0.2, 0.25) is 5.02 Å². The number of phenolic OH excluding ortho intramolecular Hbond substituents is 1. The van der Waals surface area contributed by atoms with E-state index in [-0.39, 0.29) is 16.8 Å². The second kappa shape index (κ2) is 5.26. The summed E-state index contributed by atoms with van der Waals surface area (Å²) in [6.45, 7) is 0. The summed E-state index contributed by atoms with van der Waals surface area (Å²) >= 11 is 5.91. The first-order valence-corrected chi connectivity index (χ1v) is 6.95. The number of anilines is 1. The standard InChI is InChI=1S/C15H13ClN2O3/c16-12-8-9(4-7-14(12)18(20)21)17-13-6-5-11-10(13)2-1-3-15(11)19/h1-4,7-8,13,17,19H,5-6H2. The SMILES string of the molecule is O=[N+]([O-])c1ccc(NC2CCc3c(O)cccc32)cc1Cl. The zero-order valence-electron chi connectivity index (χ0n) is 11.0. The molecule has 0 radical (unpaired) electrons. The molecule has 2 N–H and O–H groups in total. The Bertz CT molecular complexity index is 718. The number of benzene rings is 2. The van der Waals surface area contributed by atoms with Gasteiger partial charge in [0.15, 0.2) is 0 Å². The summed E-state index contributed by atoms with van der Waals surface area (Å²) in [4.78, 5) is 10.2. The minimum Gasteiger partial charge on any atom is -0.508 e. The molecule has 0 heterocycles. The molecule has 0 saturated heterocycles. The Morgan fingerprint density at radius 1 is 1.33 bits per heavy atom. The summed E-state index contributed by atoms with van der Waals surface area (Å²) in [7, 11) is 0. The Hall–Kier alpha value is -2.27. The number of nitrogens with zero attached hydrogens (tertiary/aromatic N) is 1. The van der Waals surface area contributed by atoms with Crippen LogP contribution >= 0.6 is 11.6 Å². The Kier molecular flexibility index (Phi) is 3.43. The highest BCUT2D eigenvalue weighted by atomic mass is 35.5. The van der Waals surface area contributed by atoms with Gasteiger partial charge in [-0.15, -0.1) is 0 Å². The third kappa shape index (κ3) is 2.52. The minimum absolute atomic E-state index is 0.0737. The van der Waals surface area contributed by atoms with Crippen LogP contribution < -0.4 is 5.32 Å². The first-order valence-electron chi connectivity index (χ1n) is 6.57. The lowest BCUT2D eigenvalue weighted by Gasteiger charge is -2.16. The predicted molar refractivity (Wildman–Crippen MR) is 80.9 cm³/mol. The summed E-state index contributed by atoms with van der Waals surface area (Å²) in [6, 6.07) is 10.1. The van der Waals surface area contributed by atoms with Crippen LogP contribution in [0.25, 0.3) is 0 Å². The Morgan fingerprint density at radius 2 is 2.14 bits per heavy atom. The fraction of sp³-hybridized carbons (Fsp3) is 0.200. The van der Waals surface area contributed by atoms with Gasteiger partial charge < -0.3 is 10.4 Å². The highest BCUT2D eigenvalue weighted by Gasteiger charge is 2.24. The molecule has 6 heteroatoms. The number of fused-ring (bicyclic) bond motifs is 1. The molecular formula is C15H13ClN2O3. The van der Waals surface area contributed by atoms with Gasteiger partial charge in [-0.25, -0.2) is 0 Å². The monoisotopic (exact) mass is 304 g/mol. The van der Waals surface area contributed by atoms with E-state index < -0.39 is 4.92 Å². The van der Waals surface area contributed by atoms with Crippen molar-refractivity contribution in [2.75, 3.05) is 5.32 Å². The van der Waals surface area contributed by atoms with E-state index in [9.17, 15) is 15.2 Å². The lowest BCUT2D eigenvalue weighted by atomic mass is 10.1. The molecule has 0 aliphatic heterocycles. The summed E-state index contributed by atoms with van der Waals surface area (Å²) in [6.07, 6.45) is 1.67. The van der Waals surface area contributed by atoms with Crippen LogP contribution in [0.5, 0.6) is 5.75 Å². The van der Waals surface area contributed by atoms with E-state index in [1.54, 1.807) is 18.2 Å². The van der Waals surface area contributed by atoms with E-state index in [1.807, 2.05) is 12.1 Å². The molecule has 1 aliphatic carbocycles. The van der Waals surface area contributed by atoms with Gasteiger partial charge in [0.25, 0.3) is 5.69 Å². The second-order valence-corrected chi connectivity index (χ2v) is 5.41. The number of nitro benzene ring substituents is 1. The highest BCUT2D eigenvalue weighted by molar-refractivity contribution is 6.32. The summed E-state index contributed by atoms with van der Waals surface area (Å²) in [5, 5.41) is 24.0. The van der Waals surface area contributed by atoms with Crippen LogP contribution in [0.3, 0.4) is 0 Å². The van der Waals surface area contributed by atoms with Crippen LogP contribution in [-0.2, 0) is 6.42 Å². The average Bonchev–Trinajstić information content (AvgIpc) is 2.83. The topological polar surface area (TPSA) is 75.4 Å². The van der Waals surface area contributed by atoms with Crippen LogP contribution in [-0.4, -0.2) is 10.0 Å². The van der Waals surface area contributed by atoms with Crippen LogP contribution in [0, 0.1) is 10.1 Å². The van der Waals surface area contributed by atoms with Crippen molar-refractivity contribution in [2.24, 2.45) is 0 Å². The van der Waals surface area contributed by atoms with Gasteiger partial charge in [-0.2, -0.15) is 0 Å². The number of nitro groups is 1. The second-order valence-electron chi connectivity index (χ2n) is 5.00. The van der Waals surface area contributed by atoms with Gasteiger partial charge in [0, 0.05) is 11.8 Å². The van der Waals surface area contributed by atoms with Crippen molar-refractivity contribution in [3.05, 3.63) is 62.7 Å². The van der Waals surface area contributed by atoms with Crippen molar-refractivity contribution < 1.29 is 10.0 Å². The maximum absolute atomic E-state index is 10.8. The van der Waals surface area contributed by atoms with E-state index in [0.717, 1.165) is 29.7 Å². The van der Waals surface area contributed by atoms with Gasteiger partial charge in [-0.1, -0.05) is 23.7 Å². The third-order valence-corrected chi connectivity index (χ3v) is 4.03. The maximum Gasteiger partial charge on any atom is 0.288 e. The van der Waals surface area contributed by atoms with Gasteiger partial charge in [-0.3, -0.25) is 10.1 Å². The molecule has 0 spiro atoms. The van der Waals surface area contributed by atoms with E-state index in [2.05, 4.69) is 5.32 Å². The Morgan fingerprint density at radius 3 is 2.86 bits per heavy atom. The predicted octanol–water partition coefficient (Wildman–Crippen LogP) is 4.05. The molecule has 21 heavy (non-hydrogen) atoms. The van der Waals surface area contributed by atoms with Gasteiger partial charge in [-0.05, 0) is 42.2 Å². The number of rotatable bonds is 3. The molecule has 0 fully saturated rings. The number of halogens is 1. The molecule has 0 amide bonds. The number of nitrogens with one attached hydrogen (secondary N) is 1. The Balaban J connectivity index is 1.85. The van der Waals surface area contributed by atoms with Crippen LogP contribution in [0.4, 0.5) is 11.4 Å². The van der Waals surface area contributed by atoms with E-state index in [0.29, 0.717) is 5.75 Å². The van der Waals surface area contributed by atoms with Crippen molar-refractivity contribution in [1.29, 1.82) is 0 Å². The first kappa shape index (κ1) is 13.7. The third-order valence-electron chi connectivity index (χ3n) is 3.73. The quantitative estimate of drug-likeness (QED) is 0.662. The lowest BCUT2D eigenvalue weighted by molar-refractivity contribution is -0.384. The summed E-state index contributed by atoms with van der Waals surface area (Å²) < 4.78 is 0. The number of phenols is 1. The number of hydrogen-bond acceptors (Lipinski definition) is 4. The average molecular weight is 305 g/mol. The Labute approximate surface area is 126 Å². The van der Waals surface area contributed by atoms with Crippen molar-refractivity contribution in [1.82, 2.24) is 0 Å². The van der Waals surface area contributed by atoms with Crippen molar-refractivity contribution in [3.8, 4) is 5.75 Å². The molecule has 0 saturated carbocycles. The highest BCUT2D eigenvalue weighted by Crippen LogP contribution is 2.39. The van der Waals surface area contributed by atoms with Crippen LogP contribution in [0.15, 0.2) is 36.4 Å². The van der Waals surface area contributed by atoms with Gasteiger partial charge in [0.2, 0.25) is 0 Å². The van der Waals surface area contributed by atoms with Crippen LogP contribution in [0.1, 0.15) is 23.6 Å². The molecule has 108 valence electrons. The number of hydrogen-bond donors (Lipinski definition) is 2. The largest absolute Gasteiger partial charge is 0.508 e. The zero-order chi connectivity index (χ0) is 15.0. The normalized spacial score (nSPS) is 16.5. The number of aromatic hydroxyl groups is 1. The van der Waals surface area contributed by atoms with Crippen molar-refractivity contribution in [3.63, 3.8) is 0 Å². The van der Waals surface area contributed by atoms with Crippen molar-refractivity contribution >= 4 is 23.0 Å². The van der Waals surface area contributed by atoms with Gasteiger partial charge in [0.05, 0.1) is 11.0 Å². The van der Waals surface area contributed by atoms with Crippen molar-refractivity contribution in [2.45, 2.75) is 18.9 Å². The van der Waals surface area contributed by atoms with E-state index in [4.69, 9.17) is 11.6 Å². The smallest absolute Gasteiger partial charge is 0.288 e. The molecule has 1 unspecified atom stereocenters. The zero-order valence-corrected chi connectivity index (χ0v) is 11.8. The van der Waals surface area contributed by atoms with Gasteiger partial charge in [0.1, 0.15) is 10.8 Å². The molecule has 0 aromatic heterocycles. The maximum atomic E-state index is 10.8. The molecular weight excluding hydrogens is 292 g/mol. The van der Waals surface area contributed by atoms with E-state index in [1.165, 1.54) is 6.07 Å². The molecule has 1 atom stereocenters. The molecule has 2 aromatic carbocycles. The molecule has 3 rings (SSSR count). The summed E-state index contributed by atoms with van der Waals surface area (Å²) in [5.41, 5.74) is 2.64. The minimum atomic E-state index is -0.505. The molecule has 0 bridgehead atoms. The lowest BCUT2D eigenvalue weighted by Crippen LogP contribution is -2.07. The van der Waals surface area contributed by atoms with E-state index >= 15 is 0 Å². The molecule has 5 nitrogen and oxygen atoms in total. The fourth-order valence-corrected chi connectivity index (χ4v) is 2.98. The first-order chi connectivity index (χ1) is 10.1. The summed E-state index contributed by atoms with van der Waals surface area (Å²) in [5.74, 6) is 0.318. The van der Waals surface area contributed by atoms with Gasteiger partial charge >= 0.3 is 0 Å². The molecule has 1 aliphatic rings.